The molecule has 34 heavy (non-hydrogen) atoms. The molecule has 3 aromatic rings. The van der Waals surface area contributed by atoms with Crippen LogP contribution in [0, 0.1) is 12.8 Å². The Morgan fingerprint density at radius 2 is 1.82 bits per heavy atom. The summed E-state index contributed by atoms with van der Waals surface area (Å²) in [7, 11) is 0. The lowest BCUT2D eigenvalue weighted by atomic mass is 10.00. The van der Waals surface area contributed by atoms with Gasteiger partial charge in [-0.3, -0.25) is 9.59 Å². The van der Waals surface area contributed by atoms with Crippen molar-refractivity contribution in [3.05, 3.63) is 51.9 Å². The van der Waals surface area contributed by atoms with Gasteiger partial charge in [0.25, 0.3) is 0 Å². The van der Waals surface area contributed by atoms with Crippen molar-refractivity contribution in [3.8, 4) is 28.4 Å². The first-order chi connectivity index (χ1) is 16.5. The normalized spacial score (nSPS) is 15.6. The first kappa shape index (κ1) is 22.5. The molecule has 0 spiro atoms. The quantitative estimate of drug-likeness (QED) is 0.331. The lowest BCUT2D eigenvalue weighted by Gasteiger charge is -2.19. The van der Waals surface area contributed by atoms with Crippen LogP contribution < -0.4 is 19.6 Å². The average molecular weight is 463 g/mol. The van der Waals surface area contributed by atoms with Gasteiger partial charge in [-0.2, -0.15) is 0 Å². The zero-order chi connectivity index (χ0) is 23.7. The maximum Gasteiger partial charge on any atom is 0.311 e. The van der Waals surface area contributed by atoms with Crippen LogP contribution in [0.3, 0.4) is 0 Å². The molecule has 6 nitrogen and oxygen atoms in total. The standard InChI is InChI=1S/C28H30O6/c1-3-19-14-21-24(16-23(19)34-26(29)11-8-18-6-4-5-7-18)33-17(2)27(28(21)30)20-9-10-22-25(15-20)32-13-12-31-22/h9-10,14-16,18H,3-8,11-13H2,1-2H3. The minimum Gasteiger partial charge on any atom is -0.486 e. The number of rotatable bonds is 6. The van der Waals surface area contributed by atoms with E-state index in [0.29, 0.717) is 71.5 Å². The van der Waals surface area contributed by atoms with Gasteiger partial charge in [-0.15, -0.1) is 0 Å². The van der Waals surface area contributed by atoms with Gasteiger partial charge in [0.1, 0.15) is 30.3 Å². The van der Waals surface area contributed by atoms with Crippen LogP contribution in [0.25, 0.3) is 22.1 Å². The van der Waals surface area contributed by atoms with E-state index in [9.17, 15) is 9.59 Å². The predicted molar refractivity (Wildman–Crippen MR) is 130 cm³/mol. The maximum atomic E-state index is 13.5. The summed E-state index contributed by atoms with van der Waals surface area (Å²) in [5, 5.41) is 0.470. The molecule has 0 bridgehead atoms. The summed E-state index contributed by atoms with van der Waals surface area (Å²) in [4.78, 5) is 26.1. The van der Waals surface area contributed by atoms with Crippen molar-refractivity contribution in [2.45, 2.75) is 58.8 Å². The number of aryl methyl sites for hydroxylation is 2. The van der Waals surface area contributed by atoms with E-state index in [-0.39, 0.29) is 11.4 Å². The molecule has 2 heterocycles. The zero-order valence-electron chi connectivity index (χ0n) is 19.8. The molecule has 178 valence electrons. The second-order valence-electron chi connectivity index (χ2n) is 9.19. The van der Waals surface area contributed by atoms with E-state index in [1.165, 1.54) is 25.7 Å². The summed E-state index contributed by atoms with van der Waals surface area (Å²) in [5.41, 5.74) is 2.32. The molecule has 1 fully saturated rings. The molecule has 0 atom stereocenters. The summed E-state index contributed by atoms with van der Waals surface area (Å²) in [6.07, 6.45) is 6.86. The van der Waals surface area contributed by atoms with Crippen LogP contribution in [-0.4, -0.2) is 19.2 Å². The van der Waals surface area contributed by atoms with Gasteiger partial charge in [0, 0.05) is 12.5 Å². The fourth-order valence-electron chi connectivity index (χ4n) is 5.08. The molecule has 0 radical (unpaired) electrons. The number of carbonyl (C=O) groups excluding carboxylic acids is 1. The highest BCUT2D eigenvalue weighted by Crippen LogP contribution is 2.36. The maximum absolute atomic E-state index is 13.5. The topological polar surface area (TPSA) is 75.0 Å². The summed E-state index contributed by atoms with van der Waals surface area (Å²) >= 11 is 0. The van der Waals surface area contributed by atoms with Crippen LogP contribution in [0.1, 0.15) is 56.8 Å². The smallest absolute Gasteiger partial charge is 0.311 e. The molecule has 0 N–H and O–H groups in total. The Balaban J connectivity index is 1.46. The second kappa shape index (κ2) is 9.53. The van der Waals surface area contributed by atoms with Crippen molar-refractivity contribution < 1.29 is 23.4 Å². The Morgan fingerprint density at radius 1 is 1.06 bits per heavy atom. The molecule has 1 aliphatic carbocycles. The molecular weight excluding hydrogens is 432 g/mol. The van der Waals surface area contributed by atoms with Crippen molar-refractivity contribution >= 4 is 16.9 Å². The van der Waals surface area contributed by atoms with E-state index >= 15 is 0 Å². The Morgan fingerprint density at radius 3 is 2.59 bits per heavy atom. The highest BCUT2D eigenvalue weighted by molar-refractivity contribution is 5.86. The number of hydrogen-bond donors (Lipinski definition) is 0. The van der Waals surface area contributed by atoms with Gasteiger partial charge < -0.3 is 18.6 Å². The van der Waals surface area contributed by atoms with Crippen LogP contribution in [-0.2, 0) is 11.2 Å². The van der Waals surface area contributed by atoms with Crippen LogP contribution in [0.4, 0.5) is 0 Å². The fraction of sp³-hybridized carbons (Fsp3) is 0.429. The molecule has 0 amide bonds. The molecule has 1 saturated carbocycles. The lowest BCUT2D eigenvalue weighted by Crippen LogP contribution is -2.15. The Hall–Kier alpha value is -3.28. The summed E-state index contributed by atoms with van der Waals surface area (Å²) in [6.45, 7) is 4.74. The van der Waals surface area contributed by atoms with Gasteiger partial charge in [0.2, 0.25) is 5.43 Å². The number of carbonyl (C=O) groups is 1. The molecule has 0 saturated heterocycles. The third-order valence-electron chi connectivity index (χ3n) is 6.92. The zero-order valence-corrected chi connectivity index (χ0v) is 19.8. The van der Waals surface area contributed by atoms with Crippen LogP contribution in [0.2, 0.25) is 0 Å². The highest BCUT2D eigenvalue weighted by atomic mass is 16.6. The summed E-state index contributed by atoms with van der Waals surface area (Å²) in [6, 6.07) is 8.96. The van der Waals surface area contributed by atoms with Crippen LogP contribution >= 0.6 is 0 Å². The van der Waals surface area contributed by atoms with E-state index in [1.807, 2.05) is 25.1 Å². The lowest BCUT2D eigenvalue weighted by molar-refractivity contribution is -0.134. The van der Waals surface area contributed by atoms with E-state index < -0.39 is 0 Å². The third-order valence-corrected chi connectivity index (χ3v) is 6.92. The van der Waals surface area contributed by atoms with Gasteiger partial charge in [0.05, 0.1) is 10.9 Å². The number of fused-ring (bicyclic) bond motifs is 2. The number of ether oxygens (including phenoxy) is 3. The van der Waals surface area contributed by atoms with Crippen LogP contribution in [0.15, 0.2) is 39.5 Å². The molecule has 2 aromatic carbocycles. The SMILES string of the molecule is CCc1cc2c(=O)c(-c3ccc4c(c3)OCCO4)c(C)oc2cc1OC(=O)CCC1CCCC1. The predicted octanol–water partition coefficient (Wildman–Crippen LogP) is 5.98. The monoisotopic (exact) mass is 462 g/mol. The number of hydrogen-bond acceptors (Lipinski definition) is 6. The van der Waals surface area contributed by atoms with E-state index in [1.54, 1.807) is 19.1 Å². The molecule has 5 rings (SSSR count). The van der Waals surface area contributed by atoms with Crippen molar-refractivity contribution in [2.24, 2.45) is 5.92 Å². The van der Waals surface area contributed by atoms with Gasteiger partial charge in [0.15, 0.2) is 11.5 Å². The van der Waals surface area contributed by atoms with E-state index in [4.69, 9.17) is 18.6 Å². The molecule has 1 aliphatic heterocycles. The van der Waals surface area contributed by atoms with Gasteiger partial charge in [-0.25, -0.2) is 0 Å². The van der Waals surface area contributed by atoms with Gasteiger partial charge in [-0.1, -0.05) is 38.7 Å². The molecular formula is C28H30O6. The number of benzene rings is 2. The molecule has 6 heteroatoms. The van der Waals surface area contributed by atoms with E-state index in [0.717, 1.165) is 17.5 Å². The van der Waals surface area contributed by atoms with Crippen molar-refractivity contribution in [3.63, 3.8) is 0 Å². The largest absolute Gasteiger partial charge is 0.486 e. The molecule has 1 aromatic heterocycles. The average Bonchev–Trinajstić information content (AvgIpc) is 3.36. The van der Waals surface area contributed by atoms with E-state index in [2.05, 4.69) is 0 Å². The summed E-state index contributed by atoms with van der Waals surface area (Å²) < 4.78 is 23.1. The van der Waals surface area contributed by atoms with Crippen molar-refractivity contribution in [1.82, 2.24) is 0 Å². The van der Waals surface area contributed by atoms with Gasteiger partial charge >= 0.3 is 5.97 Å². The van der Waals surface area contributed by atoms with Gasteiger partial charge in [-0.05, 0) is 55.0 Å². The number of esters is 1. The highest BCUT2D eigenvalue weighted by Gasteiger charge is 2.21. The van der Waals surface area contributed by atoms with Crippen molar-refractivity contribution in [2.75, 3.05) is 13.2 Å². The van der Waals surface area contributed by atoms with Crippen molar-refractivity contribution in [1.29, 1.82) is 0 Å². The first-order valence-corrected chi connectivity index (χ1v) is 12.2. The first-order valence-electron chi connectivity index (χ1n) is 12.2. The minimum absolute atomic E-state index is 0.121. The molecule has 2 aliphatic rings. The van der Waals surface area contributed by atoms with Crippen LogP contribution in [0.5, 0.6) is 17.2 Å². The summed E-state index contributed by atoms with van der Waals surface area (Å²) in [5.74, 6) is 2.67. The Bertz CT molecular complexity index is 1280. The molecule has 0 unspecified atom stereocenters. The minimum atomic E-state index is -0.229. The third kappa shape index (κ3) is 4.41. The Labute approximate surface area is 198 Å². The fourth-order valence-corrected chi connectivity index (χ4v) is 5.08. The second-order valence-corrected chi connectivity index (χ2v) is 9.19. The Kier molecular flexibility index (Phi) is 6.31.